The van der Waals surface area contributed by atoms with Gasteiger partial charge in [0.15, 0.2) is 0 Å². The van der Waals surface area contributed by atoms with E-state index in [1.54, 1.807) is 0 Å². The van der Waals surface area contributed by atoms with Crippen LogP contribution in [0.3, 0.4) is 0 Å². The third kappa shape index (κ3) is 3.99. The zero-order valence-electron chi connectivity index (χ0n) is 14.2. The lowest BCUT2D eigenvalue weighted by Crippen LogP contribution is -2.39. The normalized spacial score (nSPS) is 24.0. The predicted octanol–water partition coefficient (Wildman–Crippen LogP) is 3.64. The largest absolute Gasteiger partial charge is 0.461 e. The molecule has 1 aromatic rings. The van der Waals surface area contributed by atoms with Gasteiger partial charge in [0.25, 0.3) is 5.69 Å². The predicted molar refractivity (Wildman–Crippen MR) is 88.6 cm³/mol. The highest BCUT2D eigenvalue weighted by molar-refractivity contribution is 5.90. The molecule has 0 saturated heterocycles. The first-order chi connectivity index (χ1) is 11.3. The number of hydrogen-bond donors (Lipinski definition) is 0. The Kier molecular flexibility index (Phi) is 5.70. The smallest absolute Gasteiger partial charge is 0.338 e. The molecule has 1 saturated carbocycles. The van der Waals surface area contributed by atoms with Crippen LogP contribution in [0.5, 0.6) is 0 Å². The van der Waals surface area contributed by atoms with Crippen molar-refractivity contribution >= 4 is 17.4 Å². The van der Waals surface area contributed by atoms with Crippen molar-refractivity contribution in [1.82, 2.24) is 0 Å². The van der Waals surface area contributed by atoms with Gasteiger partial charge in [0.05, 0.1) is 16.4 Å². The second kappa shape index (κ2) is 7.55. The van der Waals surface area contributed by atoms with E-state index in [0.717, 1.165) is 12.8 Å². The minimum absolute atomic E-state index is 0.0317. The summed E-state index contributed by atoms with van der Waals surface area (Å²) >= 11 is 0. The lowest BCUT2D eigenvalue weighted by Gasteiger charge is -2.34. The number of carbonyl (C=O) groups excluding carboxylic acids is 2. The maximum atomic E-state index is 12.6. The molecule has 6 nitrogen and oxygen atoms in total. The molecule has 24 heavy (non-hydrogen) atoms. The Bertz CT molecular complexity index is 623. The minimum atomic E-state index is -0.559. The second-order valence-electron chi connectivity index (χ2n) is 6.82. The van der Waals surface area contributed by atoms with Crippen LogP contribution in [0.2, 0.25) is 0 Å². The number of nitro groups is 1. The fourth-order valence-electron chi connectivity index (χ4n) is 3.22. The summed E-state index contributed by atoms with van der Waals surface area (Å²) in [6, 6.07) is 5.26. The van der Waals surface area contributed by atoms with E-state index in [1.165, 1.54) is 24.3 Å². The van der Waals surface area contributed by atoms with Gasteiger partial charge in [0.2, 0.25) is 0 Å². The van der Waals surface area contributed by atoms with E-state index in [9.17, 15) is 19.7 Å². The van der Waals surface area contributed by atoms with Crippen LogP contribution in [0.1, 0.15) is 44.0 Å². The van der Waals surface area contributed by atoms with Gasteiger partial charge in [-0.05, 0) is 36.8 Å². The number of non-ortho nitro benzene ring substituents is 1. The van der Waals surface area contributed by atoms with Crippen LogP contribution in [-0.4, -0.2) is 23.3 Å². The SMILES string of the molecule is CC(C)[C@@H]1CC[C@H](C)[C@H](COC(=O)c2ccc([N+](=O)[O-])cc2)C1=O. The molecule has 0 unspecified atom stereocenters. The van der Waals surface area contributed by atoms with Crippen molar-refractivity contribution in [3.63, 3.8) is 0 Å². The standard InChI is InChI=1S/C18H23NO5/c1-11(2)15-9-4-12(3)16(17(15)20)10-24-18(21)13-5-7-14(8-6-13)19(22)23/h5-8,11-12,15-16H,4,9-10H2,1-3H3/t12-,15-,16-/m0/s1. The molecule has 0 spiro atoms. The Morgan fingerprint density at radius 2 is 1.92 bits per heavy atom. The van der Waals surface area contributed by atoms with Crippen LogP contribution in [-0.2, 0) is 9.53 Å². The maximum absolute atomic E-state index is 12.6. The zero-order valence-corrected chi connectivity index (χ0v) is 14.2. The molecule has 3 atom stereocenters. The summed E-state index contributed by atoms with van der Waals surface area (Å²) in [6.45, 7) is 6.16. The summed E-state index contributed by atoms with van der Waals surface area (Å²) in [4.78, 5) is 34.8. The summed E-state index contributed by atoms with van der Waals surface area (Å²) in [5, 5.41) is 10.6. The van der Waals surface area contributed by atoms with Gasteiger partial charge in [-0.3, -0.25) is 14.9 Å². The van der Waals surface area contributed by atoms with Gasteiger partial charge in [-0.25, -0.2) is 4.79 Å². The van der Waals surface area contributed by atoms with Gasteiger partial charge in [0, 0.05) is 18.1 Å². The molecule has 2 rings (SSSR count). The van der Waals surface area contributed by atoms with E-state index < -0.39 is 10.9 Å². The number of Topliss-reactive ketones (excluding diaryl/α,β-unsaturated/α-hetero) is 1. The molecule has 1 fully saturated rings. The number of hydrogen-bond acceptors (Lipinski definition) is 5. The summed E-state index contributed by atoms with van der Waals surface area (Å²) in [5.41, 5.74) is 0.166. The van der Waals surface area contributed by atoms with Gasteiger partial charge in [-0.15, -0.1) is 0 Å². The topological polar surface area (TPSA) is 86.5 Å². The average Bonchev–Trinajstić information content (AvgIpc) is 2.54. The molecular formula is C18H23NO5. The molecular weight excluding hydrogens is 310 g/mol. The Balaban J connectivity index is 1.99. The molecule has 0 aromatic heterocycles. The van der Waals surface area contributed by atoms with Crippen molar-refractivity contribution < 1.29 is 19.2 Å². The second-order valence-corrected chi connectivity index (χ2v) is 6.82. The lowest BCUT2D eigenvalue weighted by molar-refractivity contribution is -0.384. The molecule has 1 aliphatic rings. The Labute approximate surface area is 141 Å². The molecule has 130 valence electrons. The molecule has 0 aliphatic heterocycles. The van der Waals surface area contributed by atoms with Crippen molar-refractivity contribution in [3.05, 3.63) is 39.9 Å². The zero-order chi connectivity index (χ0) is 17.9. The first-order valence-corrected chi connectivity index (χ1v) is 8.26. The van der Waals surface area contributed by atoms with Crippen LogP contribution < -0.4 is 0 Å². The molecule has 6 heteroatoms. The van der Waals surface area contributed by atoms with Crippen molar-refractivity contribution in [3.8, 4) is 0 Å². The van der Waals surface area contributed by atoms with Crippen LogP contribution in [0, 0.1) is 33.8 Å². The maximum Gasteiger partial charge on any atom is 0.338 e. The number of esters is 1. The summed E-state index contributed by atoms with van der Waals surface area (Å²) in [7, 11) is 0. The van der Waals surface area contributed by atoms with Gasteiger partial charge >= 0.3 is 5.97 Å². The van der Waals surface area contributed by atoms with E-state index in [-0.39, 0.29) is 47.3 Å². The van der Waals surface area contributed by atoms with Crippen molar-refractivity contribution in [2.45, 2.75) is 33.6 Å². The van der Waals surface area contributed by atoms with Gasteiger partial charge in [-0.1, -0.05) is 20.8 Å². The van der Waals surface area contributed by atoms with E-state index in [0.29, 0.717) is 0 Å². The van der Waals surface area contributed by atoms with Crippen LogP contribution in [0.25, 0.3) is 0 Å². The molecule has 0 N–H and O–H groups in total. The molecule has 1 aromatic carbocycles. The molecule has 0 bridgehead atoms. The first-order valence-electron chi connectivity index (χ1n) is 8.26. The first kappa shape index (κ1) is 18.1. The quantitative estimate of drug-likeness (QED) is 0.466. The van der Waals surface area contributed by atoms with E-state index in [1.807, 2.05) is 20.8 Å². The van der Waals surface area contributed by atoms with Crippen LogP contribution >= 0.6 is 0 Å². The molecule has 1 aliphatic carbocycles. The number of nitrogens with zero attached hydrogens (tertiary/aromatic N) is 1. The van der Waals surface area contributed by atoms with Crippen molar-refractivity contribution in [1.29, 1.82) is 0 Å². The fraction of sp³-hybridized carbons (Fsp3) is 0.556. The number of ether oxygens (including phenoxy) is 1. The van der Waals surface area contributed by atoms with Gasteiger partial charge in [0.1, 0.15) is 12.4 Å². The van der Waals surface area contributed by atoms with Crippen LogP contribution in [0.4, 0.5) is 5.69 Å². The summed E-state index contributed by atoms with van der Waals surface area (Å²) < 4.78 is 5.31. The number of rotatable bonds is 5. The van der Waals surface area contributed by atoms with Crippen molar-refractivity contribution in [2.75, 3.05) is 6.61 Å². The highest BCUT2D eigenvalue weighted by Crippen LogP contribution is 2.34. The summed E-state index contributed by atoms with van der Waals surface area (Å²) in [5.74, 6) is -0.135. The van der Waals surface area contributed by atoms with E-state index >= 15 is 0 Å². The molecule has 0 amide bonds. The molecule has 0 radical (unpaired) electrons. The Morgan fingerprint density at radius 1 is 1.29 bits per heavy atom. The third-order valence-electron chi connectivity index (χ3n) is 4.86. The number of ketones is 1. The highest BCUT2D eigenvalue weighted by Gasteiger charge is 2.37. The van der Waals surface area contributed by atoms with E-state index in [4.69, 9.17) is 4.74 Å². The number of carbonyl (C=O) groups is 2. The monoisotopic (exact) mass is 333 g/mol. The highest BCUT2D eigenvalue weighted by atomic mass is 16.6. The Hall–Kier alpha value is -2.24. The summed E-state index contributed by atoms with van der Waals surface area (Å²) in [6.07, 6.45) is 1.85. The van der Waals surface area contributed by atoms with Gasteiger partial charge in [-0.2, -0.15) is 0 Å². The molecule has 0 heterocycles. The Morgan fingerprint density at radius 3 is 2.46 bits per heavy atom. The fourth-order valence-corrected chi connectivity index (χ4v) is 3.22. The third-order valence-corrected chi connectivity index (χ3v) is 4.86. The van der Waals surface area contributed by atoms with E-state index in [2.05, 4.69) is 0 Å². The lowest BCUT2D eigenvalue weighted by atomic mass is 9.70. The number of nitro benzene ring substituents is 1. The van der Waals surface area contributed by atoms with Crippen LogP contribution in [0.15, 0.2) is 24.3 Å². The number of benzene rings is 1. The average molecular weight is 333 g/mol. The minimum Gasteiger partial charge on any atom is -0.461 e. The van der Waals surface area contributed by atoms with Crippen molar-refractivity contribution in [2.24, 2.45) is 23.7 Å². The van der Waals surface area contributed by atoms with Gasteiger partial charge < -0.3 is 4.74 Å².